The van der Waals surface area contributed by atoms with Gasteiger partial charge in [-0.3, -0.25) is 0 Å². The third-order valence-electron chi connectivity index (χ3n) is 1.26. The Kier molecular flexibility index (Phi) is 2.59. The fraction of sp³-hybridized carbons (Fsp3) is 0.429. The van der Waals surface area contributed by atoms with Crippen LogP contribution >= 0.6 is 11.3 Å². The van der Waals surface area contributed by atoms with Gasteiger partial charge in [0.2, 0.25) is 0 Å². The van der Waals surface area contributed by atoms with E-state index in [0.717, 1.165) is 15.6 Å². The Bertz CT molecular complexity index is 257. The smallest absolute Gasteiger partial charge is 0.417 e. The molecule has 1 heterocycles. The van der Waals surface area contributed by atoms with Gasteiger partial charge in [-0.2, -0.15) is 0 Å². The number of hydrogen-bond acceptors (Lipinski definition) is 4. The molecular weight excluding hydrogens is 162 g/mol. The average Bonchev–Trinajstić information content (AvgIpc) is 2.26. The summed E-state index contributed by atoms with van der Waals surface area (Å²) in [4.78, 5) is 14.9. The molecule has 3 nitrogen and oxygen atoms in total. The number of nitrogens with zero attached hydrogens (tertiary/aromatic N) is 1. The van der Waals surface area contributed by atoms with E-state index >= 15 is 0 Å². The van der Waals surface area contributed by atoms with Crippen molar-refractivity contribution in [1.82, 2.24) is 4.98 Å². The number of thiazole rings is 1. The fourth-order valence-electron chi connectivity index (χ4n) is 0.802. The molecule has 0 aliphatic rings. The summed E-state index contributed by atoms with van der Waals surface area (Å²) in [7, 11) is 0. The van der Waals surface area contributed by atoms with Crippen molar-refractivity contribution in [2.24, 2.45) is 0 Å². The number of ether oxygens (including phenoxy) is 1. The van der Waals surface area contributed by atoms with Crippen LogP contribution in [0, 0.1) is 13.8 Å². The quantitative estimate of drug-likeness (QED) is 0.687. The molecule has 0 aliphatic carbocycles. The van der Waals surface area contributed by atoms with Crippen molar-refractivity contribution in [2.45, 2.75) is 20.5 Å². The summed E-state index contributed by atoms with van der Waals surface area (Å²) < 4.78 is 4.48. The first-order chi connectivity index (χ1) is 5.24. The van der Waals surface area contributed by atoms with Crippen molar-refractivity contribution in [3.63, 3.8) is 0 Å². The zero-order chi connectivity index (χ0) is 8.27. The molecule has 59 valence electrons. The molecule has 0 aliphatic heterocycles. The van der Waals surface area contributed by atoms with Gasteiger partial charge >= 0.3 is 6.47 Å². The maximum Gasteiger partial charge on any atom is 0.417 e. The number of hydrogen-bond donors (Lipinski definition) is 0. The highest BCUT2D eigenvalue weighted by molar-refractivity contribution is 7.11. The van der Waals surface area contributed by atoms with Crippen LogP contribution in [0.1, 0.15) is 15.6 Å². The molecule has 11 heavy (non-hydrogen) atoms. The first-order valence-corrected chi connectivity index (χ1v) is 3.97. The molecule has 1 rings (SSSR count). The SMILES string of the molecule is Cc1nc(C)c(CO[C]=O)s1. The van der Waals surface area contributed by atoms with Crippen LogP contribution < -0.4 is 0 Å². The van der Waals surface area contributed by atoms with E-state index < -0.39 is 0 Å². The highest BCUT2D eigenvalue weighted by Gasteiger charge is 2.03. The fourth-order valence-corrected chi connectivity index (χ4v) is 1.65. The zero-order valence-corrected chi connectivity index (χ0v) is 7.20. The average molecular weight is 170 g/mol. The standard InChI is InChI=1S/C7H8NO2S/c1-5-7(3-10-4-9)11-6(2)8-5/h3H2,1-2H3. The van der Waals surface area contributed by atoms with Crippen LogP contribution in [0.2, 0.25) is 0 Å². The van der Waals surface area contributed by atoms with Gasteiger partial charge in [-0.05, 0) is 13.8 Å². The van der Waals surface area contributed by atoms with E-state index in [1.54, 1.807) is 0 Å². The van der Waals surface area contributed by atoms with Crippen LogP contribution in [-0.2, 0) is 16.1 Å². The molecule has 0 spiro atoms. The van der Waals surface area contributed by atoms with Crippen molar-refractivity contribution in [2.75, 3.05) is 0 Å². The Morgan fingerprint density at radius 1 is 1.64 bits per heavy atom. The maximum absolute atomic E-state index is 9.73. The number of aryl methyl sites for hydroxylation is 2. The topological polar surface area (TPSA) is 39.2 Å². The highest BCUT2D eigenvalue weighted by atomic mass is 32.1. The molecule has 0 aromatic carbocycles. The number of rotatable bonds is 3. The van der Waals surface area contributed by atoms with Gasteiger partial charge in [0.1, 0.15) is 6.61 Å². The molecule has 0 unspecified atom stereocenters. The van der Waals surface area contributed by atoms with Crippen molar-refractivity contribution in [1.29, 1.82) is 0 Å². The lowest BCUT2D eigenvalue weighted by molar-refractivity contribution is 0.269. The normalized spacial score (nSPS) is 9.64. The summed E-state index contributed by atoms with van der Waals surface area (Å²) >= 11 is 1.54. The summed E-state index contributed by atoms with van der Waals surface area (Å²) in [5.41, 5.74) is 0.933. The van der Waals surface area contributed by atoms with Crippen molar-refractivity contribution in [3.05, 3.63) is 15.6 Å². The Morgan fingerprint density at radius 3 is 2.82 bits per heavy atom. The van der Waals surface area contributed by atoms with Gasteiger partial charge in [0, 0.05) is 0 Å². The largest absolute Gasteiger partial charge is 0.451 e. The third kappa shape index (κ3) is 2.01. The van der Waals surface area contributed by atoms with Gasteiger partial charge in [-0.15, -0.1) is 11.3 Å². The minimum atomic E-state index is 0.292. The second-order valence-corrected chi connectivity index (χ2v) is 3.40. The van der Waals surface area contributed by atoms with Crippen LogP contribution in [0.25, 0.3) is 0 Å². The molecule has 0 saturated heterocycles. The molecular formula is C7H8NO2S. The summed E-state index contributed by atoms with van der Waals surface area (Å²) in [6, 6.07) is 0. The maximum atomic E-state index is 9.73. The van der Waals surface area contributed by atoms with Crippen molar-refractivity contribution in [3.8, 4) is 0 Å². The van der Waals surface area contributed by atoms with E-state index in [2.05, 4.69) is 9.72 Å². The Labute approximate surface area is 69.0 Å². The van der Waals surface area contributed by atoms with E-state index in [9.17, 15) is 4.79 Å². The summed E-state index contributed by atoms with van der Waals surface area (Å²) in [6.45, 7) is 5.49. The Balaban J connectivity index is 2.69. The molecule has 0 saturated carbocycles. The van der Waals surface area contributed by atoms with Crippen LogP contribution in [-0.4, -0.2) is 11.5 Å². The second-order valence-electron chi connectivity index (χ2n) is 2.11. The van der Waals surface area contributed by atoms with Crippen LogP contribution in [0.5, 0.6) is 0 Å². The van der Waals surface area contributed by atoms with Crippen LogP contribution in [0.3, 0.4) is 0 Å². The van der Waals surface area contributed by atoms with Gasteiger partial charge in [-0.1, -0.05) is 0 Å². The monoisotopic (exact) mass is 170 g/mol. The minimum Gasteiger partial charge on any atom is -0.451 e. The van der Waals surface area contributed by atoms with Gasteiger partial charge < -0.3 is 4.74 Å². The molecule has 0 N–H and O–H groups in total. The van der Waals surface area contributed by atoms with E-state index in [4.69, 9.17) is 0 Å². The van der Waals surface area contributed by atoms with Crippen LogP contribution in [0.4, 0.5) is 0 Å². The molecule has 0 atom stereocenters. The molecule has 1 radical (unpaired) electrons. The first-order valence-electron chi connectivity index (χ1n) is 3.16. The van der Waals surface area contributed by atoms with Gasteiger partial charge in [0.15, 0.2) is 0 Å². The second kappa shape index (κ2) is 3.48. The minimum absolute atomic E-state index is 0.292. The van der Waals surface area contributed by atoms with E-state index in [0.29, 0.717) is 6.61 Å². The highest BCUT2D eigenvalue weighted by Crippen LogP contribution is 2.17. The van der Waals surface area contributed by atoms with Gasteiger partial charge in [0.25, 0.3) is 0 Å². The summed E-state index contributed by atoms with van der Waals surface area (Å²) in [6.07, 6.45) is 0. The molecule has 0 fully saturated rings. The van der Waals surface area contributed by atoms with Crippen molar-refractivity contribution >= 4 is 17.8 Å². The molecule has 4 heteroatoms. The molecule has 0 bridgehead atoms. The predicted molar refractivity (Wildman–Crippen MR) is 42.1 cm³/mol. The lowest BCUT2D eigenvalue weighted by atomic mass is 10.4. The molecule has 1 aromatic rings. The number of aromatic nitrogens is 1. The van der Waals surface area contributed by atoms with Crippen molar-refractivity contribution < 1.29 is 9.53 Å². The predicted octanol–water partition coefficient (Wildman–Crippen LogP) is 1.34. The van der Waals surface area contributed by atoms with Gasteiger partial charge in [-0.25, -0.2) is 9.78 Å². The Morgan fingerprint density at radius 2 is 2.36 bits per heavy atom. The Hall–Kier alpha value is -0.900. The summed E-state index contributed by atoms with van der Waals surface area (Å²) in [5.74, 6) is 0. The van der Waals surface area contributed by atoms with E-state index in [1.165, 1.54) is 17.8 Å². The van der Waals surface area contributed by atoms with Gasteiger partial charge in [0.05, 0.1) is 15.6 Å². The molecule has 0 amide bonds. The third-order valence-corrected chi connectivity index (χ3v) is 2.31. The first kappa shape index (κ1) is 8.20. The molecule has 1 aromatic heterocycles. The lowest BCUT2D eigenvalue weighted by Crippen LogP contribution is -1.88. The lowest BCUT2D eigenvalue weighted by Gasteiger charge is -1.92. The van der Waals surface area contributed by atoms with E-state index in [1.807, 2.05) is 13.8 Å². The van der Waals surface area contributed by atoms with Crippen LogP contribution in [0.15, 0.2) is 0 Å². The van der Waals surface area contributed by atoms with E-state index in [-0.39, 0.29) is 0 Å². The summed E-state index contributed by atoms with van der Waals surface area (Å²) in [5, 5.41) is 0.993. The zero-order valence-electron chi connectivity index (χ0n) is 6.38. The number of carbonyl (C=O) groups excluding carboxylic acids is 1.